The topological polar surface area (TPSA) is 56.7 Å². The first kappa shape index (κ1) is 10.6. The Morgan fingerprint density at radius 1 is 1.12 bits per heavy atom. The zero-order valence-electron chi connectivity index (χ0n) is 7.99. The van der Waals surface area contributed by atoms with Gasteiger partial charge in [0, 0.05) is 18.7 Å². The van der Waals surface area contributed by atoms with Crippen molar-refractivity contribution in [3.05, 3.63) is 41.5 Å². The molecule has 0 radical (unpaired) electrons. The van der Waals surface area contributed by atoms with Gasteiger partial charge in [0.05, 0.1) is 11.9 Å². The molecule has 0 aliphatic heterocycles. The number of nitrogens with zero attached hydrogens (tertiary/aromatic N) is 3. The van der Waals surface area contributed by atoms with Crippen molar-refractivity contribution in [2.24, 2.45) is 5.73 Å². The van der Waals surface area contributed by atoms with Crippen LogP contribution in [0.2, 0.25) is 0 Å². The van der Waals surface area contributed by atoms with E-state index < -0.39 is 17.5 Å². The Morgan fingerprint density at radius 3 is 2.50 bits per heavy atom. The van der Waals surface area contributed by atoms with Crippen LogP contribution in [-0.2, 0) is 6.54 Å². The summed E-state index contributed by atoms with van der Waals surface area (Å²) in [5.74, 6) is -3.34. The summed E-state index contributed by atoms with van der Waals surface area (Å²) in [5.41, 5.74) is 5.53. The first-order valence-corrected chi connectivity index (χ1v) is 4.38. The predicted molar refractivity (Wildman–Crippen MR) is 49.1 cm³/mol. The van der Waals surface area contributed by atoms with E-state index in [-0.39, 0.29) is 12.2 Å². The second kappa shape index (κ2) is 3.93. The van der Waals surface area contributed by atoms with E-state index in [0.717, 1.165) is 4.68 Å². The molecule has 1 heterocycles. The third-order valence-corrected chi connectivity index (χ3v) is 2.05. The summed E-state index contributed by atoms with van der Waals surface area (Å²) in [5, 5.41) is 7.06. The van der Waals surface area contributed by atoms with Gasteiger partial charge in [-0.05, 0) is 0 Å². The molecule has 0 bridgehead atoms. The van der Waals surface area contributed by atoms with Gasteiger partial charge in [0.15, 0.2) is 17.5 Å². The lowest BCUT2D eigenvalue weighted by atomic mass is 10.2. The monoisotopic (exact) mass is 228 g/mol. The van der Waals surface area contributed by atoms with Gasteiger partial charge < -0.3 is 5.73 Å². The molecule has 0 fully saturated rings. The molecule has 2 rings (SSSR count). The zero-order chi connectivity index (χ0) is 11.7. The Balaban J connectivity index is 2.60. The highest BCUT2D eigenvalue weighted by molar-refractivity contribution is 5.34. The van der Waals surface area contributed by atoms with Crippen LogP contribution in [-0.4, -0.2) is 15.0 Å². The van der Waals surface area contributed by atoms with Crippen molar-refractivity contribution in [2.45, 2.75) is 6.54 Å². The molecule has 0 spiro atoms. The molecule has 1 aromatic carbocycles. The molecule has 2 aromatic rings. The highest BCUT2D eigenvalue weighted by Gasteiger charge is 2.14. The van der Waals surface area contributed by atoms with E-state index in [1.807, 2.05) is 0 Å². The van der Waals surface area contributed by atoms with Gasteiger partial charge >= 0.3 is 0 Å². The van der Waals surface area contributed by atoms with Crippen molar-refractivity contribution in [3.8, 4) is 5.69 Å². The van der Waals surface area contributed by atoms with Gasteiger partial charge in [0.25, 0.3) is 0 Å². The first-order valence-electron chi connectivity index (χ1n) is 4.38. The highest BCUT2D eigenvalue weighted by Crippen LogP contribution is 2.18. The number of aromatic nitrogens is 3. The maximum atomic E-state index is 13.4. The number of hydrogen-bond acceptors (Lipinski definition) is 3. The lowest BCUT2D eigenvalue weighted by Gasteiger charge is -2.06. The summed E-state index contributed by atoms with van der Waals surface area (Å²) in [4.78, 5) is 0. The molecule has 0 amide bonds. The van der Waals surface area contributed by atoms with Crippen LogP contribution in [0.25, 0.3) is 5.69 Å². The Morgan fingerprint density at radius 2 is 1.81 bits per heavy atom. The molecule has 4 nitrogen and oxygen atoms in total. The average molecular weight is 228 g/mol. The van der Waals surface area contributed by atoms with Crippen molar-refractivity contribution >= 4 is 0 Å². The molecule has 16 heavy (non-hydrogen) atoms. The predicted octanol–water partition coefficient (Wildman–Crippen LogP) is 1.14. The van der Waals surface area contributed by atoms with E-state index in [9.17, 15) is 13.2 Å². The molecular weight excluding hydrogens is 221 g/mol. The van der Waals surface area contributed by atoms with E-state index in [0.29, 0.717) is 17.8 Å². The Kier molecular flexibility index (Phi) is 2.61. The fourth-order valence-electron chi connectivity index (χ4n) is 1.27. The lowest BCUT2D eigenvalue weighted by molar-refractivity contribution is 0.490. The quantitative estimate of drug-likeness (QED) is 0.784. The molecule has 1 aromatic heterocycles. The second-order valence-corrected chi connectivity index (χ2v) is 3.06. The third kappa shape index (κ3) is 1.65. The number of halogens is 3. The van der Waals surface area contributed by atoms with Crippen LogP contribution in [0.4, 0.5) is 13.2 Å². The van der Waals surface area contributed by atoms with Gasteiger partial charge in [-0.3, -0.25) is 0 Å². The maximum absolute atomic E-state index is 13.4. The number of rotatable bonds is 2. The largest absolute Gasteiger partial charge is 0.325 e. The summed E-state index contributed by atoms with van der Waals surface area (Å²) in [6.45, 7) is 0.0609. The third-order valence-electron chi connectivity index (χ3n) is 2.05. The van der Waals surface area contributed by atoms with Gasteiger partial charge in [-0.1, -0.05) is 5.21 Å². The Bertz CT molecular complexity index is 523. The Hall–Kier alpha value is -1.89. The van der Waals surface area contributed by atoms with E-state index in [2.05, 4.69) is 10.3 Å². The van der Waals surface area contributed by atoms with Crippen LogP contribution in [0, 0.1) is 17.5 Å². The van der Waals surface area contributed by atoms with Crippen LogP contribution in [0.5, 0.6) is 0 Å². The fourth-order valence-corrected chi connectivity index (χ4v) is 1.27. The van der Waals surface area contributed by atoms with Crippen LogP contribution in [0.1, 0.15) is 5.69 Å². The minimum absolute atomic E-state index is 0.0609. The Labute approximate surface area is 88.5 Å². The van der Waals surface area contributed by atoms with Gasteiger partial charge in [0.1, 0.15) is 5.69 Å². The molecule has 0 atom stereocenters. The van der Waals surface area contributed by atoms with E-state index in [1.54, 1.807) is 0 Å². The second-order valence-electron chi connectivity index (χ2n) is 3.06. The molecule has 0 aliphatic carbocycles. The van der Waals surface area contributed by atoms with Gasteiger partial charge in [-0.2, -0.15) is 0 Å². The molecule has 7 heteroatoms. The van der Waals surface area contributed by atoms with Gasteiger partial charge in [0.2, 0.25) is 0 Å². The van der Waals surface area contributed by atoms with Crippen molar-refractivity contribution in [3.63, 3.8) is 0 Å². The summed E-state index contributed by atoms with van der Waals surface area (Å²) in [6.07, 6.45) is 1.32. The molecule has 84 valence electrons. The summed E-state index contributed by atoms with van der Waals surface area (Å²) < 4.78 is 40.1. The average Bonchev–Trinajstić information content (AvgIpc) is 2.71. The highest BCUT2D eigenvalue weighted by atomic mass is 19.2. The standard InChI is InChI=1S/C9H7F3N4/c10-6-1-8(12)9(2-7(6)11)16-5(3-13)4-14-15-16/h1-2,4H,3,13H2. The number of hydrogen-bond donors (Lipinski definition) is 1. The lowest BCUT2D eigenvalue weighted by Crippen LogP contribution is -2.09. The SMILES string of the molecule is NCc1cnnn1-c1cc(F)c(F)cc1F. The summed E-state index contributed by atoms with van der Waals surface area (Å²) in [6, 6.07) is 1.16. The van der Waals surface area contributed by atoms with Crippen molar-refractivity contribution in [2.75, 3.05) is 0 Å². The normalized spacial score (nSPS) is 10.8. The summed E-state index contributed by atoms with van der Waals surface area (Å²) in [7, 11) is 0. The summed E-state index contributed by atoms with van der Waals surface area (Å²) >= 11 is 0. The van der Waals surface area contributed by atoms with E-state index in [4.69, 9.17) is 5.73 Å². The zero-order valence-corrected chi connectivity index (χ0v) is 7.99. The van der Waals surface area contributed by atoms with Crippen molar-refractivity contribution in [1.82, 2.24) is 15.0 Å². The minimum atomic E-state index is -1.25. The van der Waals surface area contributed by atoms with Gasteiger partial charge in [-0.25, -0.2) is 17.9 Å². The van der Waals surface area contributed by atoms with Crippen molar-refractivity contribution in [1.29, 1.82) is 0 Å². The number of nitrogens with two attached hydrogens (primary N) is 1. The first-order chi connectivity index (χ1) is 7.63. The van der Waals surface area contributed by atoms with Crippen LogP contribution in [0.3, 0.4) is 0 Å². The van der Waals surface area contributed by atoms with Crippen LogP contribution in [0.15, 0.2) is 18.3 Å². The smallest absolute Gasteiger partial charge is 0.161 e. The maximum Gasteiger partial charge on any atom is 0.161 e. The number of benzene rings is 1. The van der Waals surface area contributed by atoms with E-state index >= 15 is 0 Å². The molecular formula is C9H7F3N4. The molecule has 0 unspecified atom stereocenters. The van der Waals surface area contributed by atoms with Crippen LogP contribution < -0.4 is 5.73 Å². The van der Waals surface area contributed by atoms with E-state index in [1.165, 1.54) is 6.20 Å². The fraction of sp³-hybridized carbons (Fsp3) is 0.111. The molecule has 2 N–H and O–H groups in total. The molecule has 0 saturated heterocycles. The molecule has 0 saturated carbocycles. The van der Waals surface area contributed by atoms with Crippen molar-refractivity contribution < 1.29 is 13.2 Å². The minimum Gasteiger partial charge on any atom is -0.325 e. The van der Waals surface area contributed by atoms with Gasteiger partial charge in [-0.15, -0.1) is 5.10 Å². The van der Waals surface area contributed by atoms with Crippen LogP contribution >= 0.6 is 0 Å². The molecule has 0 aliphatic rings.